The Bertz CT molecular complexity index is 992. The number of benzene rings is 1. The van der Waals surface area contributed by atoms with Gasteiger partial charge in [0.2, 0.25) is 5.91 Å². The molecule has 31 heavy (non-hydrogen) atoms. The van der Waals surface area contributed by atoms with Crippen molar-refractivity contribution >= 4 is 33.3 Å². The Morgan fingerprint density at radius 2 is 1.97 bits per heavy atom. The van der Waals surface area contributed by atoms with Crippen LogP contribution < -0.4 is 0 Å². The van der Waals surface area contributed by atoms with Gasteiger partial charge in [-0.05, 0) is 25.8 Å². The molecule has 0 aliphatic carbocycles. The average Bonchev–Trinajstić information content (AvgIpc) is 2.72. The number of nitro groups is 1. The quantitative estimate of drug-likeness (QED) is 0.335. The predicted molar refractivity (Wildman–Crippen MR) is 109 cm³/mol. The number of carbonyl (C=O) groups is 3. The standard InChI is InChI=1S/C19H25N3O8S/c1-4-30-19(25)13-6-5-7-21(11-13)17(23)12-20(2)18(24)14-8-15(22(26)27)10-16(9-14)31(3,28)29/h8-10,13H,4-7,11-12H2,1-3H3. The molecule has 0 spiro atoms. The van der Waals surface area contributed by atoms with E-state index in [4.69, 9.17) is 4.74 Å². The Balaban J connectivity index is 2.15. The van der Waals surface area contributed by atoms with E-state index >= 15 is 0 Å². The maximum absolute atomic E-state index is 12.7. The van der Waals surface area contributed by atoms with Crippen molar-refractivity contribution in [3.8, 4) is 0 Å². The molecule has 1 unspecified atom stereocenters. The molecule has 170 valence electrons. The molecular formula is C19H25N3O8S. The third-order valence-electron chi connectivity index (χ3n) is 4.89. The smallest absolute Gasteiger partial charge is 0.310 e. The summed E-state index contributed by atoms with van der Waals surface area (Å²) in [6.07, 6.45) is 2.11. The van der Waals surface area contributed by atoms with Gasteiger partial charge in [0, 0.05) is 44.1 Å². The van der Waals surface area contributed by atoms with Crippen molar-refractivity contribution in [3.63, 3.8) is 0 Å². The van der Waals surface area contributed by atoms with Gasteiger partial charge in [0.15, 0.2) is 9.84 Å². The first-order valence-electron chi connectivity index (χ1n) is 9.63. The molecule has 1 atom stereocenters. The van der Waals surface area contributed by atoms with Crippen molar-refractivity contribution in [2.75, 3.05) is 39.5 Å². The van der Waals surface area contributed by atoms with Crippen LogP contribution in [0.2, 0.25) is 0 Å². The van der Waals surface area contributed by atoms with Crippen LogP contribution in [-0.2, 0) is 24.2 Å². The topological polar surface area (TPSA) is 144 Å². The Hall–Kier alpha value is -3.02. The zero-order chi connectivity index (χ0) is 23.3. The highest BCUT2D eigenvalue weighted by Gasteiger charge is 2.30. The number of hydrogen-bond donors (Lipinski definition) is 0. The molecule has 1 fully saturated rings. The second kappa shape index (κ2) is 9.86. The Morgan fingerprint density at radius 3 is 2.55 bits per heavy atom. The second-order valence-electron chi connectivity index (χ2n) is 7.34. The summed E-state index contributed by atoms with van der Waals surface area (Å²) in [4.78, 5) is 49.8. The number of ether oxygens (including phenoxy) is 1. The van der Waals surface area contributed by atoms with Gasteiger partial charge < -0.3 is 14.5 Å². The number of nitrogens with zero attached hydrogens (tertiary/aromatic N) is 3. The number of esters is 1. The molecule has 1 saturated heterocycles. The minimum absolute atomic E-state index is 0.189. The Labute approximate surface area is 180 Å². The summed E-state index contributed by atoms with van der Waals surface area (Å²) in [6.45, 7) is 2.25. The summed E-state index contributed by atoms with van der Waals surface area (Å²) in [5.74, 6) is -1.92. The van der Waals surface area contributed by atoms with Crippen molar-refractivity contribution in [3.05, 3.63) is 33.9 Å². The molecule has 12 heteroatoms. The average molecular weight is 455 g/mol. The lowest BCUT2D eigenvalue weighted by atomic mass is 9.98. The zero-order valence-corrected chi connectivity index (χ0v) is 18.4. The van der Waals surface area contributed by atoms with Gasteiger partial charge in [0.05, 0.1) is 28.9 Å². The van der Waals surface area contributed by atoms with Crippen LogP contribution in [0.5, 0.6) is 0 Å². The molecule has 1 aromatic rings. The molecule has 2 rings (SSSR count). The van der Waals surface area contributed by atoms with E-state index in [1.165, 1.54) is 11.9 Å². The fourth-order valence-corrected chi connectivity index (χ4v) is 3.95. The number of piperidine rings is 1. The molecule has 1 aliphatic rings. The van der Waals surface area contributed by atoms with E-state index in [0.29, 0.717) is 19.4 Å². The van der Waals surface area contributed by atoms with E-state index < -0.39 is 38.2 Å². The molecule has 0 N–H and O–H groups in total. The zero-order valence-electron chi connectivity index (χ0n) is 17.6. The lowest BCUT2D eigenvalue weighted by molar-refractivity contribution is -0.385. The van der Waals surface area contributed by atoms with E-state index in [1.54, 1.807) is 6.92 Å². The highest BCUT2D eigenvalue weighted by Crippen LogP contribution is 2.22. The van der Waals surface area contributed by atoms with Gasteiger partial charge in [-0.25, -0.2) is 8.42 Å². The van der Waals surface area contributed by atoms with Crippen molar-refractivity contribution < 1.29 is 32.5 Å². The summed E-state index contributed by atoms with van der Waals surface area (Å²) in [5, 5.41) is 11.1. The Kier molecular flexibility index (Phi) is 7.71. The van der Waals surface area contributed by atoms with Gasteiger partial charge in [-0.3, -0.25) is 24.5 Å². The fourth-order valence-electron chi connectivity index (χ4n) is 3.28. The molecule has 0 saturated carbocycles. The highest BCUT2D eigenvalue weighted by molar-refractivity contribution is 7.90. The van der Waals surface area contributed by atoms with Crippen LogP contribution in [0.15, 0.2) is 23.1 Å². The molecule has 1 heterocycles. The second-order valence-corrected chi connectivity index (χ2v) is 9.35. The van der Waals surface area contributed by atoms with Crippen molar-refractivity contribution in [1.29, 1.82) is 0 Å². The van der Waals surface area contributed by atoms with E-state index in [2.05, 4.69) is 0 Å². The number of likely N-dealkylation sites (N-methyl/N-ethyl adjacent to an activating group) is 1. The molecule has 0 bridgehead atoms. The minimum atomic E-state index is -3.79. The largest absolute Gasteiger partial charge is 0.466 e. The van der Waals surface area contributed by atoms with Crippen LogP contribution in [0.3, 0.4) is 0 Å². The summed E-state index contributed by atoms with van der Waals surface area (Å²) < 4.78 is 28.7. The van der Waals surface area contributed by atoms with E-state index in [-0.39, 0.29) is 36.1 Å². The number of nitro benzene ring substituents is 1. The maximum atomic E-state index is 12.7. The van der Waals surface area contributed by atoms with Crippen molar-refractivity contribution in [2.24, 2.45) is 5.92 Å². The normalized spacial score (nSPS) is 16.5. The lowest BCUT2D eigenvalue weighted by Gasteiger charge is -2.32. The minimum Gasteiger partial charge on any atom is -0.466 e. The van der Waals surface area contributed by atoms with E-state index in [1.807, 2.05) is 0 Å². The molecule has 1 aliphatic heterocycles. The van der Waals surface area contributed by atoms with Gasteiger partial charge in [0.25, 0.3) is 11.6 Å². The molecule has 0 radical (unpaired) electrons. The number of hydrogen-bond acceptors (Lipinski definition) is 8. The molecular weight excluding hydrogens is 430 g/mol. The summed E-state index contributed by atoms with van der Waals surface area (Å²) >= 11 is 0. The number of carbonyl (C=O) groups excluding carboxylic acids is 3. The summed E-state index contributed by atoms with van der Waals surface area (Å²) in [6, 6.07) is 2.89. The Morgan fingerprint density at radius 1 is 1.29 bits per heavy atom. The number of likely N-dealkylation sites (tertiary alicyclic amines) is 1. The number of non-ortho nitro benzene ring substituents is 1. The van der Waals surface area contributed by atoms with Crippen molar-refractivity contribution in [1.82, 2.24) is 9.80 Å². The number of rotatable bonds is 7. The fraction of sp³-hybridized carbons (Fsp3) is 0.526. The van der Waals surface area contributed by atoms with Crippen LogP contribution >= 0.6 is 0 Å². The third-order valence-corrected chi connectivity index (χ3v) is 5.98. The number of amides is 2. The summed E-state index contributed by atoms with van der Waals surface area (Å²) in [5.41, 5.74) is -0.757. The van der Waals surface area contributed by atoms with Crippen LogP contribution in [0, 0.1) is 16.0 Å². The predicted octanol–water partition coefficient (Wildman–Crippen LogP) is 0.872. The molecule has 2 amide bonds. The van der Waals surface area contributed by atoms with Crippen LogP contribution in [0.4, 0.5) is 5.69 Å². The monoisotopic (exact) mass is 455 g/mol. The first-order chi connectivity index (χ1) is 14.4. The highest BCUT2D eigenvalue weighted by atomic mass is 32.2. The SMILES string of the molecule is CCOC(=O)C1CCCN(C(=O)CN(C)C(=O)c2cc([N+](=O)[O-])cc(S(C)(=O)=O)c2)C1. The van der Waals surface area contributed by atoms with Crippen LogP contribution in [0.1, 0.15) is 30.1 Å². The first-order valence-corrected chi connectivity index (χ1v) is 11.5. The maximum Gasteiger partial charge on any atom is 0.310 e. The number of sulfone groups is 1. The summed E-state index contributed by atoms with van der Waals surface area (Å²) in [7, 11) is -2.45. The lowest BCUT2D eigenvalue weighted by Crippen LogP contribution is -2.47. The van der Waals surface area contributed by atoms with Crippen LogP contribution in [0.25, 0.3) is 0 Å². The van der Waals surface area contributed by atoms with Gasteiger partial charge >= 0.3 is 5.97 Å². The van der Waals surface area contributed by atoms with Gasteiger partial charge in [0.1, 0.15) is 0 Å². The third kappa shape index (κ3) is 6.23. The van der Waals surface area contributed by atoms with E-state index in [0.717, 1.165) is 29.4 Å². The van der Waals surface area contributed by atoms with Gasteiger partial charge in [-0.2, -0.15) is 0 Å². The van der Waals surface area contributed by atoms with Gasteiger partial charge in [-0.1, -0.05) is 0 Å². The van der Waals surface area contributed by atoms with E-state index in [9.17, 15) is 32.9 Å². The molecule has 1 aromatic carbocycles. The van der Waals surface area contributed by atoms with Crippen molar-refractivity contribution in [2.45, 2.75) is 24.7 Å². The van der Waals surface area contributed by atoms with Crippen LogP contribution in [-0.4, -0.2) is 80.5 Å². The molecule has 11 nitrogen and oxygen atoms in total. The first kappa shape index (κ1) is 24.3. The van der Waals surface area contributed by atoms with Gasteiger partial charge in [-0.15, -0.1) is 0 Å². The molecule has 0 aromatic heterocycles.